The van der Waals surface area contributed by atoms with Crippen molar-refractivity contribution in [1.82, 2.24) is 10.2 Å². The number of hydrogen-bond donors (Lipinski definition) is 2. The number of carbonyl (C=O) groups excluding carboxylic acids is 2. The minimum Gasteiger partial charge on any atom is -0.344 e. The minimum atomic E-state index is -0.313. The Morgan fingerprint density at radius 2 is 2.17 bits per heavy atom. The maximum atomic E-state index is 12.1. The first-order chi connectivity index (χ1) is 8.13. The first kappa shape index (κ1) is 15.2. The zero-order chi connectivity index (χ0) is 12.4. The molecule has 18 heavy (non-hydrogen) atoms. The van der Waals surface area contributed by atoms with Crippen molar-refractivity contribution in [2.75, 3.05) is 20.1 Å². The molecule has 0 radical (unpaired) electrons. The molecule has 1 saturated carbocycles. The molecular weight excluding hydrogens is 254 g/mol. The average molecular weight is 276 g/mol. The molecule has 5 nitrogen and oxygen atoms in total. The second-order valence-electron chi connectivity index (χ2n) is 5.14. The van der Waals surface area contributed by atoms with Gasteiger partial charge < -0.3 is 16.0 Å². The predicted octanol–water partition coefficient (Wildman–Crippen LogP) is 0.130. The molecule has 0 aromatic heterocycles. The normalized spacial score (nSPS) is 31.3. The smallest absolute Gasteiger partial charge is 0.244 e. The number of nitrogens with one attached hydrogen (secondary N) is 1. The fraction of sp³-hybridized carbons (Fsp3) is 0.833. The van der Waals surface area contributed by atoms with Gasteiger partial charge in [-0.3, -0.25) is 9.59 Å². The van der Waals surface area contributed by atoms with Crippen LogP contribution in [-0.2, 0) is 9.59 Å². The second kappa shape index (κ2) is 6.38. The van der Waals surface area contributed by atoms with Crippen molar-refractivity contribution in [3.63, 3.8) is 0 Å². The quantitative estimate of drug-likeness (QED) is 0.769. The Hall–Kier alpha value is -0.810. The van der Waals surface area contributed by atoms with E-state index in [2.05, 4.69) is 5.32 Å². The van der Waals surface area contributed by atoms with Gasteiger partial charge in [-0.05, 0) is 31.7 Å². The van der Waals surface area contributed by atoms with Crippen molar-refractivity contribution in [3.05, 3.63) is 0 Å². The molecule has 2 amide bonds. The van der Waals surface area contributed by atoms with E-state index in [1.54, 1.807) is 11.9 Å². The molecule has 0 bridgehead atoms. The summed E-state index contributed by atoms with van der Waals surface area (Å²) in [5.41, 5.74) is 5.66. The summed E-state index contributed by atoms with van der Waals surface area (Å²) in [5, 5.41) is 2.88. The first-order valence-electron chi connectivity index (χ1n) is 6.39. The molecule has 1 aliphatic heterocycles. The number of rotatable bonds is 3. The number of likely N-dealkylation sites (tertiary alicyclic amines) is 1. The lowest BCUT2D eigenvalue weighted by Gasteiger charge is -2.19. The molecule has 1 heterocycles. The van der Waals surface area contributed by atoms with Crippen LogP contribution in [0.1, 0.15) is 25.7 Å². The van der Waals surface area contributed by atoms with Crippen LogP contribution in [0.15, 0.2) is 0 Å². The van der Waals surface area contributed by atoms with Crippen molar-refractivity contribution in [3.8, 4) is 0 Å². The van der Waals surface area contributed by atoms with Gasteiger partial charge in [0.15, 0.2) is 0 Å². The van der Waals surface area contributed by atoms with Gasteiger partial charge in [-0.15, -0.1) is 12.4 Å². The summed E-state index contributed by atoms with van der Waals surface area (Å²) in [5.74, 6) is 0.357. The van der Waals surface area contributed by atoms with E-state index in [9.17, 15) is 9.59 Å². The van der Waals surface area contributed by atoms with E-state index in [0.29, 0.717) is 12.5 Å². The van der Waals surface area contributed by atoms with E-state index >= 15 is 0 Å². The fourth-order valence-corrected chi connectivity index (χ4v) is 2.90. The zero-order valence-electron chi connectivity index (χ0n) is 10.7. The van der Waals surface area contributed by atoms with E-state index in [0.717, 1.165) is 32.2 Å². The van der Waals surface area contributed by atoms with Gasteiger partial charge in [-0.1, -0.05) is 6.42 Å². The molecular formula is C12H22ClN3O2. The highest BCUT2D eigenvalue weighted by Gasteiger charge is 2.36. The molecule has 2 fully saturated rings. The molecule has 0 aromatic rings. The Morgan fingerprint density at radius 1 is 1.44 bits per heavy atom. The third-order valence-corrected chi connectivity index (χ3v) is 4.04. The molecule has 3 atom stereocenters. The predicted molar refractivity (Wildman–Crippen MR) is 71.3 cm³/mol. The monoisotopic (exact) mass is 275 g/mol. The van der Waals surface area contributed by atoms with Crippen LogP contribution >= 0.6 is 12.4 Å². The van der Waals surface area contributed by atoms with Gasteiger partial charge in [0.25, 0.3) is 0 Å². The third kappa shape index (κ3) is 2.95. The van der Waals surface area contributed by atoms with Gasteiger partial charge in [0, 0.05) is 19.5 Å². The molecule has 6 heteroatoms. The average Bonchev–Trinajstić information content (AvgIpc) is 2.90. The Kier molecular flexibility index (Phi) is 5.41. The Labute approximate surface area is 114 Å². The molecule has 1 unspecified atom stereocenters. The fourth-order valence-electron chi connectivity index (χ4n) is 2.90. The summed E-state index contributed by atoms with van der Waals surface area (Å²) in [4.78, 5) is 25.4. The maximum absolute atomic E-state index is 12.1. The summed E-state index contributed by atoms with van der Waals surface area (Å²) in [7, 11) is 1.77. The third-order valence-electron chi connectivity index (χ3n) is 4.04. The summed E-state index contributed by atoms with van der Waals surface area (Å²) < 4.78 is 0. The molecule has 104 valence electrons. The van der Waals surface area contributed by atoms with E-state index in [1.807, 2.05) is 0 Å². The van der Waals surface area contributed by atoms with Crippen LogP contribution in [0, 0.1) is 11.8 Å². The number of amides is 2. The summed E-state index contributed by atoms with van der Waals surface area (Å²) in [6, 6.07) is -0.313. The Bertz CT molecular complexity index is 324. The summed E-state index contributed by atoms with van der Waals surface area (Å²) in [6.07, 6.45) is 3.73. The molecule has 3 N–H and O–H groups in total. The lowest BCUT2D eigenvalue weighted by molar-refractivity contribution is -0.133. The van der Waals surface area contributed by atoms with Crippen LogP contribution < -0.4 is 11.1 Å². The number of halogens is 1. The molecule has 0 spiro atoms. The summed E-state index contributed by atoms with van der Waals surface area (Å²) in [6.45, 7) is 1.30. The lowest BCUT2D eigenvalue weighted by Crippen LogP contribution is -2.44. The summed E-state index contributed by atoms with van der Waals surface area (Å²) >= 11 is 0. The highest BCUT2D eigenvalue weighted by atomic mass is 35.5. The van der Waals surface area contributed by atoms with Crippen LogP contribution in [0.2, 0.25) is 0 Å². The molecule has 2 aliphatic rings. The van der Waals surface area contributed by atoms with E-state index in [4.69, 9.17) is 5.73 Å². The number of hydrogen-bond acceptors (Lipinski definition) is 3. The highest BCUT2D eigenvalue weighted by molar-refractivity contribution is 5.89. The second-order valence-corrected chi connectivity index (χ2v) is 5.14. The van der Waals surface area contributed by atoms with E-state index < -0.39 is 0 Å². The maximum Gasteiger partial charge on any atom is 0.244 e. The van der Waals surface area contributed by atoms with Crippen LogP contribution in [0.25, 0.3) is 0 Å². The highest BCUT2D eigenvalue weighted by Crippen LogP contribution is 2.31. The number of likely N-dealkylation sites (N-methyl/N-ethyl adjacent to an activating group) is 1. The van der Waals surface area contributed by atoms with Crippen molar-refractivity contribution >= 4 is 24.2 Å². The minimum absolute atomic E-state index is 0. The van der Waals surface area contributed by atoms with Gasteiger partial charge in [0.1, 0.15) is 6.04 Å². The van der Waals surface area contributed by atoms with Gasteiger partial charge in [0.2, 0.25) is 11.8 Å². The van der Waals surface area contributed by atoms with Crippen LogP contribution in [0.3, 0.4) is 0 Å². The largest absolute Gasteiger partial charge is 0.344 e. The topological polar surface area (TPSA) is 75.4 Å². The van der Waals surface area contributed by atoms with Gasteiger partial charge in [0.05, 0.1) is 0 Å². The molecule has 1 saturated heterocycles. The standard InChI is InChI=1S/C12H21N3O2.ClH/c1-15-6-5-10(12(15)17)14-11(16)9-4-2-3-8(9)7-13;/h8-10H,2-7,13H2,1H3,(H,14,16);1H/t8-,9-,10?;/m1./s1. The van der Waals surface area contributed by atoms with Gasteiger partial charge in [-0.2, -0.15) is 0 Å². The van der Waals surface area contributed by atoms with Crippen molar-refractivity contribution < 1.29 is 9.59 Å². The van der Waals surface area contributed by atoms with Gasteiger partial charge in [-0.25, -0.2) is 0 Å². The van der Waals surface area contributed by atoms with Gasteiger partial charge >= 0.3 is 0 Å². The molecule has 1 aliphatic carbocycles. The number of nitrogens with zero attached hydrogens (tertiary/aromatic N) is 1. The molecule has 0 aromatic carbocycles. The lowest BCUT2D eigenvalue weighted by atomic mass is 9.95. The van der Waals surface area contributed by atoms with Crippen LogP contribution in [0.5, 0.6) is 0 Å². The van der Waals surface area contributed by atoms with Crippen LogP contribution in [-0.4, -0.2) is 42.9 Å². The number of nitrogens with two attached hydrogens (primary N) is 1. The van der Waals surface area contributed by atoms with Crippen molar-refractivity contribution in [2.45, 2.75) is 31.7 Å². The van der Waals surface area contributed by atoms with E-state index in [-0.39, 0.29) is 36.2 Å². The first-order valence-corrected chi connectivity index (χ1v) is 6.39. The SMILES string of the molecule is CN1CCC(NC(=O)[C@@H]2CCC[C@@H]2CN)C1=O.Cl. The number of carbonyl (C=O) groups is 2. The molecule has 2 rings (SSSR count). The Morgan fingerprint density at radius 3 is 2.72 bits per heavy atom. The van der Waals surface area contributed by atoms with E-state index in [1.165, 1.54) is 0 Å². The Balaban J connectivity index is 0.00000162. The zero-order valence-corrected chi connectivity index (χ0v) is 11.5. The van der Waals surface area contributed by atoms with Crippen molar-refractivity contribution in [2.24, 2.45) is 17.6 Å². The van der Waals surface area contributed by atoms with Crippen LogP contribution in [0.4, 0.5) is 0 Å². The van der Waals surface area contributed by atoms with Crippen molar-refractivity contribution in [1.29, 1.82) is 0 Å².